The largest absolute Gasteiger partial charge is 0.512 e. The Morgan fingerprint density at radius 3 is 2.91 bits per heavy atom. The second-order valence-corrected chi connectivity index (χ2v) is 6.83. The summed E-state index contributed by atoms with van der Waals surface area (Å²) in [4.78, 5) is 24.9. The molecule has 1 N–H and O–H groups in total. The summed E-state index contributed by atoms with van der Waals surface area (Å²) in [5, 5.41) is 10.0. The molecule has 1 aromatic carbocycles. The summed E-state index contributed by atoms with van der Waals surface area (Å²) in [6, 6.07) is 5.72. The van der Waals surface area contributed by atoms with Gasteiger partial charge in [-0.2, -0.15) is 0 Å². The molecule has 0 aliphatic heterocycles. The van der Waals surface area contributed by atoms with Crippen LogP contribution in [0.5, 0.6) is 0 Å². The van der Waals surface area contributed by atoms with E-state index in [1.54, 1.807) is 6.92 Å². The topological polar surface area (TPSA) is 63.6 Å². The number of rotatable bonds is 2. The zero-order chi connectivity index (χ0) is 15.9. The highest BCUT2D eigenvalue weighted by Crippen LogP contribution is 2.49. The summed E-state index contributed by atoms with van der Waals surface area (Å²) in [6.07, 6.45) is 1.77. The van der Waals surface area contributed by atoms with Crippen LogP contribution in [-0.2, 0) is 16.0 Å². The Morgan fingerprint density at radius 1 is 1.41 bits per heavy atom. The van der Waals surface area contributed by atoms with Gasteiger partial charge in [-0.3, -0.25) is 4.79 Å². The van der Waals surface area contributed by atoms with Crippen LogP contribution in [0.15, 0.2) is 34.0 Å². The van der Waals surface area contributed by atoms with Crippen molar-refractivity contribution in [1.82, 2.24) is 0 Å². The highest BCUT2D eigenvalue weighted by molar-refractivity contribution is 9.10. The predicted octanol–water partition coefficient (Wildman–Crippen LogP) is 3.73. The number of carbonyl (C=O) groups excluding carboxylic acids is 2. The number of esters is 1. The van der Waals surface area contributed by atoms with Gasteiger partial charge < -0.3 is 9.84 Å². The summed E-state index contributed by atoms with van der Waals surface area (Å²) in [6.45, 7) is 1.98. The first kappa shape index (κ1) is 15.3. The van der Waals surface area contributed by atoms with Crippen molar-refractivity contribution in [2.45, 2.75) is 32.6 Å². The van der Waals surface area contributed by atoms with E-state index < -0.39 is 11.4 Å². The molecule has 0 aromatic heterocycles. The normalized spacial score (nSPS) is 23.8. The first-order chi connectivity index (χ1) is 10.5. The van der Waals surface area contributed by atoms with Gasteiger partial charge in [0.05, 0.1) is 12.2 Å². The Hall–Kier alpha value is -1.62. The molecule has 1 unspecified atom stereocenters. The maximum absolute atomic E-state index is 12.9. The number of aliphatic hydroxyl groups is 1. The third-order valence-electron chi connectivity index (χ3n) is 4.55. The highest BCUT2D eigenvalue weighted by Gasteiger charge is 2.49. The third kappa shape index (κ3) is 2.37. The van der Waals surface area contributed by atoms with Crippen molar-refractivity contribution in [2.75, 3.05) is 6.61 Å². The van der Waals surface area contributed by atoms with E-state index in [4.69, 9.17) is 4.74 Å². The van der Waals surface area contributed by atoms with Crippen molar-refractivity contribution in [3.63, 3.8) is 0 Å². The number of aliphatic hydroxyl groups excluding tert-OH is 1. The van der Waals surface area contributed by atoms with Crippen LogP contribution in [0.25, 0.3) is 0 Å². The first-order valence-electron chi connectivity index (χ1n) is 7.38. The fourth-order valence-electron chi connectivity index (χ4n) is 3.43. The molecule has 3 rings (SSSR count). The highest BCUT2D eigenvalue weighted by atomic mass is 79.9. The molecule has 116 valence electrons. The standard InChI is InChI=1S/C17H17BrO4/c1-2-22-16(21)13-9-17(6-5-14(13)19)8-10-3-4-11(18)7-12(10)15(17)20/h3-4,7,19H,2,5-6,8-9H2,1H3. The monoisotopic (exact) mass is 364 g/mol. The molecule has 2 aliphatic rings. The maximum Gasteiger partial charge on any atom is 0.337 e. The SMILES string of the molecule is CCOC(=O)C1=C(O)CCC2(C1)Cc1ccc(Br)cc1C2=O. The molecule has 1 atom stereocenters. The van der Waals surface area contributed by atoms with Gasteiger partial charge in [0.15, 0.2) is 5.78 Å². The van der Waals surface area contributed by atoms with E-state index in [9.17, 15) is 14.7 Å². The lowest BCUT2D eigenvalue weighted by Crippen LogP contribution is -2.34. The Bertz CT molecular complexity index is 692. The smallest absolute Gasteiger partial charge is 0.337 e. The van der Waals surface area contributed by atoms with Crippen LogP contribution in [0.1, 0.15) is 42.1 Å². The molecule has 5 heteroatoms. The van der Waals surface area contributed by atoms with Gasteiger partial charge in [0.1, 0.15) is 5.76 Å². The molecule has 4 nitrogen and oxygen atoms in total. The number of ketones is 1. The first-order valence-corrected chi connectivity index (χ1v) is 8.17. The average molecular weight is 365 g/mol. The molecule has 0 saturated heterocycles. The van der Waals surface area contributed by atoms with E-state index >= 15 is 0 Å². The summed E-state index contributed by atoms with van der Waals surface area (Å²) < 4.78 is 5.88. The Kier molecular flexibility index (Phi) is 3.85. The minimum absolute atomic E-state index is 0.0639. The molecule has 1 aromatic rings. The summed E-state index contributed by atoms with van der Waals surface area (Å²) in [7, 11) is 0. The van der Waals surface area contributed by atoms with Gasteiger partial charge in [-0.1, -0.05) is 22.0 Å². The molecule has 0 amide bonds. The molecular weight excluding hydrogens is 348 g/mol. The number of ether oxygens (including phenoxy) is 1. The van der Waals surface area contributed by atoms with Gasteiger partial charge in [-0.15, -0.1) is 0 Å². The average Bonchev–Trinajstić information content (AvgIpc) is 2.75. The number of hydrogen-bond acceptors (Lipinski definition) is 4. The lowest BCUT2D eigenvalue weighted by molar-refractivity contribution is -0.139. The maximum atomic E-state index is 12.9. The van der Waals surface area contributed by atoms with Crippen LogP contribution in [-0.4, -0.2) is 23.5 Å². The Morgan fingerprint density at radius 2 is 2.18 bits per heavy atom. The summed E-state index contributed by atoms with van der Waals surface area (Å²) in [5.74, 6) is -0.379. The van der Waals surface area contributed by atoms with E-state index in [2.05, 4.69) is 15.9 Å². The number of benzene rings is 1. The van der Waals surface area contributed by atoms with Crippen molar-refractivity contribution in [1.29, 1.82) is 0 Å². The lowest BCUT2D eigenvalue weighted by atomic mass is 9.70. The van der Waals surface area contributed by atoms with E-state index in [0.717, 1.165) is 15.6 Å². The fourth-order valence-corrected chi connectivity index (χ4v) is 3.80. The van der Waals surface area contributed by atoms with Crippen LogP contribution in [0.3, 0.4) is 0 Å². The predicted molar refractivity (Wildman–Crippen MR) is 84.7 cm³/mol. The Labute approximate surface area is 137 Å². The van der Waals surface area contributed by atoms with E-state index in [1.807, 2.05) is 18.2 Å². The van der Waals surface area contributed by atoms with Crippen LogP contribution in [0, 0.1) is 5.41 Å². The van der Waals surface area contributed by atoms with Crippen LogP contribution in [0.2, 0.25) is 0 Å². The van der Waals surface area contributed by atoms with Crippen LogP contribution < -0.4 is 0 Å². The van der Waals surface area contributed by atoms with Gasteiger partial charge in [0.2, 0.25) is 0 Å². The fraction of sp³-hybridized carbons (Fsp3) is 0.412. The summed E-state index contributed by atoms with van der Waals surface area (Å²) in [5.41, 5.74) is 1.38. The second-order valence-electron chi connectivity index (χ2n) is 5.91. The van der Waals surface area contributed by atoms with Crippen molar-refractivity contribution in [3.8, 4) is 0 Å². The van der Waals surface area contributed by atoms with Gasteiger partial charge in [0, 0.05) is 21.9 Å². The van der Waals surface area contributed by atoms with Gasteiger partial charge >= 0.3 is 5.97 Å². The molecule has 2 aliphatic carbocycles. The van der Waals surface area contributed by atoms with Crippen molar-refractivity contribution in [2.24, 2.45) is 5.41 Å². The van der Waals surface area contributed by atoms with Gasteiger partial charge in [-0.05, 0) is 43.9 Å². The number of fused-ring (bicyclic) bond motifs is 1. The number of Topliss-reactive ketones (excluding diaryl/α,β-unsaturated/α-hetero) is 1. The minimum Gasteiger partial charge on any atom is -0.512 e. The van der Waals surface area contributed by atoms with Crippen molar-refractivity contribution < 1.29 is 19.4 Å². The Balaban J connectivity index is 1.94. The molecule has 22 heavy (non-hydrogen) atoms. The molecule has 0 heterocycles. The summed E-state index contributed by atoms with van der Waals surface area (Å²) >= 11 is 3.39. The van der Waals surface area contributed by atoms with Crippen LogP contribution in [0.4, 0.5) is 0 Å². The van der Waals surface area contributed by atoms with Crippen molar-refractivity contribution in [3.05, 3.63) is 45.1 Å². The van der Waals surface area contributed by atoms with E-state index in [1.165, 1.54) is 0 Å². The van der Waals surface area contributed by atoms with Crippen molar-refractivity contribution >= 4 is 27.7 Å². The molecule has 1 spiro atoms. The lowest BCUT2D eigenvalue weighted by Gasteiger charge is -2.32. The quantitative estimate of drug-likeness (QED) is 0.812. The number of halogens is 1. The number of carbonyl (C=O) groups is 2. The molecule has 0 saturated carbocycles. The van der Waals surface area contributed by atoms with Gasteiger partial charge in [0.25, 0.3) is 0 Å². The number of hydrogen-bond donors (Lipinski definition) is 1. The third-order valence-corrected chi connectivity index (χ3v) is 5.05. The molecular formula is C17H17BrO4. The van der Waals surface area contributed by atoms with E-state index in [-0.39, 0.29) is 30.1 Å². The molecule has 0 bridgehead atoms. The number of allylic oxidation sites excluding steroid dienone is 1. The molecule has 0 fully saturated rings. The van der Waals surface area contributed by atoms with Crippen LogP contribution >= 0.6 is 15.9 Å². The minimum atomic E-state index is -0.614. The zero-order valence-corrected chi connectivity index (χ0v) is 13.9. The second kappa shape index (κ2) is 5.54. The van der Waals surface area contributed by atoms with Gasteiger partial charge in [-0.25, -0.2) is 4.79 Å². The zero-order valence-electron chi connectivity index (χ0n) is 12.3. The van der Waals surface area contributed by atoms with E-state index in [0.29, 0.717) is 19.3 Å². The molecule has 0 radical (unpaired) electrons.